The van der Waals surface area contributed by atoms with Gasteiger partial charge in [0.05, 0.1) is 11.2 Å². The number of likely N-dealkylation sites (tertiary alicyclic amines) is 1. The molecule has 7 nitrogen and oxygen atoms in total. The van der Waals surface area contributed by atoms with Crippen molar-refractivity contribution in [2.24, 2.45) is 0 Å². The predicted octanol–water partition coefficient (Wildman–Crippen LogP) is 3.98. The van der Waals surface area contributed by atoms with Gasteiger partial charge < -0.3 is 23.9 Å². The Morgan fingerprint density at radius 1 is 1.19 bits per heavy atom. The van der Waals surface area contributed by atoms with E-state index in [-0.39, 0.29) is 17.3 Å². The Hall–Kier alpha value is -2.06. The van der Waals surface area contributed by atoms with Crippen molar-refractivity contribution >= 4 is 29.7 Å². The van der Waals surface area contributed by atoms with Crippen LogP contribution in [-0.2, 0) is 14.0 Å². The molecule has 0 radical (unpaired) electrons. The van der Waals surface area contributed by atoms with Gasteiger partial charge in [0.25, 0.3) is 0 Å². The predicted molar refractivity (Wildman–Crippen MR) is 122 cm³/mol. The summed E-state index contributed by atoms with van der Waals surface area (Å²) in [6.45, 7) is 15.3. The molecule has 2 saturated heterocycles. The van der Waals surface area contributed by atoms with Gasteiger partial charge in [-0.15, -0.1) is 0 Å². The molecule has 0 spiro atoms. The molecule has 2 aromatic rings. The van der Waals surface area contributed by atoms with E-state index in [1.54, 1.807) is 0 Å². The number of fused-ring (bicyclic) bond motifs is 1. The summed E-state index contributed by atoms with van der Waals surface area (Å²) in [5.41, 5.74) is 1.79. The van der Waals surface area contributed by atoms with Gasteiger partial charge in [-0.3, -0.25) is 0 Å². The SMILES string of the molecule is CC(C)(C)OC(=O)N1CCC(c2c[nH]c3ncc(B4OC(C)(C)C(C)(C)O4)cc23)CC1. The van der Waals surface area contributed by atoms with Crippen LogP contribution in [0.1, 0.15) is 72.8 Å². The van der Waals surface area contributed by atoms with Crippen molar-refractivity contribution < 1.29 is 18.8 Å². The van der Waals surface area contributed by atoms with E-state index >= 15 is 0 Å². The quantitative estimate of drug-likeness (QED) is 0.734. The lowest BCUT2D eigenvalue weighted by Gasteiger charge is -2.33. The number of hydrogen-bond acceptors (Lipinski definition) is 5. The molecule has 1 amide bonds. The minimum Gasteiger partial charge on any atom is -0.444 e. The summed E-state index contributed by atoms with van der Waals surface area (Å²) < 4.78 is 17.9. The minimum atomic E-state index is -0.472. The fraction of sp³-hybridized carbons (Fsp3) is 0.652. The van der Waals surface area contributed by atoms with Gasteiger partial charge in [0.15, 0.2) is 0 Å². The van der Waals surface area contributed by atoms with Crippen LogP contribution in [-0.4, -0.2) is 58.0 Å². The summed E-state index contributed by atoms with van der Waals surface area (Å²) in [5, 5.41) is 1.10. The average molecular weight is 427 g/mol. The van der Waals surface area contributed by atoms with E-state index in [0.29, 0.717) is 19.0 Å². The molecule has 2 aliphatic rings. The Balaban J connectivity index is 1.50. The highest BCUT2D eigenvalue weighted by Crippen LogP contribution is 2.37. The van der Waals surface area contributed by atoms with Gasteiger partial charge in [0, 0.05) is 36.3 Å². The van der Waals surface area contributed by atoms with E-state index in [1.807, 2.05) is 31.9 Å². The molecule has 0 saturated carbocycles. The first-order valence-corrected chi connectivity index (χ1v) is 11.2. The number of carbonyl (C=O) groups is 1. The zero-order valence-electron chi connectivity index (χ0n) is 19.7. The van der Waals surface area contributed by atoms with Crippen LogP contribution in [0.4, 0.5) is 4.79 Å². The van der Waals surface area contributed by atoms with Crippen LogP contribution in [0, 0.1) is 0 Å². The number of aromatic amines is 1. The molecule has 0 aromatic carbocycles. The second-order valence-corrected chi connectivity index (χ2v) is 10.7. The Labute approximate surface area is 185 Å². The standard InChI is InChI=1S/C23H34BN3O4/c1-21(2,3)29-20(28)27-10-8-15(9-11-27)18-14-26-19-17(18)12-16(13-25-19)24-30-22(4,5)23(6,7)31-24/h12-15H,8-11H2,1-7H3,(H,25,26). The lowest BCUT2D eigenvalue weighted by atomic mass is 9.79. The van der Waals surface area contributed by atoms with E-state index < -0.39 is 12.7 Å². The maximum atomic E-state index is 12.4. The number of carbonyl (C=O) groups excluding carboxylic acids is 1. The van der Waals surface area contributed by atoms with Crippen LogP contribution in [0.25, 0.3) is 11.0 Å². The smallest absolute Gasteiger partial charge is 0.444 e. The fourth-order valence-electron chi connectivity index (χ4n) is 4.19. The van der Waals surface area contributed by atoms with Gasteiger partial charge in [-0.1, -0.05) is 0 Å². The summed E-state index contributed by atoms with van der Waals surface area (Å²) in [6.07, 6.45) is 5.45. The summed E-state index contributed by atoms with van der Waals surface area (Å²) in [7, 11) is -0.432. The zero-order chi connectivity index (χ0) is 22.6. The van der Waals surface area contributed by atoms with Crippen LogP contribution in [0.2, 0.25) is 0 Å². The molecular formula is C23H34BN3O4. The summed E-state index contributed by atoms with van der Waals surface area (Å²) in [6, 6.07) is 2.14. The number of aromatic nitrogens is 2. The largest absolute Gasteiger partial charge is 0.496 e. The summed E-state index contributed by atoms with van der Waals surface area (Å²) in [5.74, 6) is 0.364. The lowest BCUT2D eigenvalue weighted by molar-refractivity contribution is 0.00578. The number of hydrogen-bond donors (Lipinski definition) is 1. The van der Waals surface area contributed by atoms with Gasteiger partial charge in [-0.05, 0) is 78.9 Å². The second-order valence-electron chi connectivity index (χ2n) is 10.7. The molecule has 1 N–H and O–H groups in total. The van der Waals surface area contributed by atoms with Crippen molar-refractivity contribution in [3.05, 3.63) is 24.0 Å². The molecule has 4 rings (SSSR count). The van der Waals surface area contributed by atoms with Crippen molar-refractivity contribution in [2.45, 2.75) is 84.0 Å². The molecule has 0 bridgehead atoms. The van der Waals surface area contributed by atoms with E-state index in [4.69, 9.17) is 14.0 Å². The molecule has 2 fully saturated rings. The summed E-state index contributed by atoms with van der Waals surface area (Å²) >= 11 is 0. The highest BCUT2D eigenvalue weighted by molar-refractivity contribution is 6.62. The van der Waals surface area contributed by atoms with E-state index in [9.17, 15) is 4.79 Å². The highest BCUT2D eigenvalue weighted by Gasteiger charge is 2.51. The number of rotatable bonds is 2. The van der Waals surface area contributed by atoms with Crippen molar-refractivity contribution in [2.75, 3.05) is 13.1 Å². The Bertz CT molecular complexity index is 955. The Kier molecular flexibility index (Phi) is 5.37. The first-order valence-electron chi connectivity index (χ1n) is 11.2. The average Bonchev–Trinajstić information content (AvgIpc) is 3.17. The molecule has 2 aliphatic heterocycles. The third-order valence-electron chi connectivity index (χ3n) is 6.70. The van der Waals surface area contributed by atoms with Crippen molar-refractivity contribution in [3.8, 4) is 0 Å². The van der Waals surface area contributed by atoms with E-state index in [1.165, 1.54) is 5.56 Å². The maximum Gasteiger partial charge on any atom is 0.496 e. The Morgan fingerprint density at radius 3 is 2.39 bits per heavy atom. The van der Waals surface area contributed by atoms with Crippen molar-refractivity contribution in [1.82, 2.24) is 14.9 Å². The maximum absolute atomic E-state index is 12.4. The third-order valence-corrected chi connectivity index (χ3v) is 6.70. The normalized spacial score (nSPS) is 21.6. The van der Waals surface area contributed by atoms with Gasteiger partial charge >= 0.3 is 13.2 Å². The molecule has 8 heteroatoms. The third kappa shape index (κ3) is 4.33. The number of nitrogens with one attached hydrogen (secondary N) is 1. The molecule has 0 unspecified atom stereocenters. The molecule has 0 atom stereocenters. The van der Waals surface area contributed by atoms with Crippen LogP contribution in [0.5, 0.6) is 0 Å². The van der Waals surface area contributed by atoms with Crippen molar-refractivity contribution in [3.63, 3.8) is 0 Å². The number of nitrogens with zero attached hydrogens (tertiary/aromatic N) is 2. The molecule has 2 aromatic heterocycles. The van der Waals surface area contributed by atoms with Gasteiger partial charge in [0.2, 0.25) is 0 Å². The lowest BCUT2D eigenvalue weighted by Crippen LogP contribution is -2.41. The van der Waals surface area contributed by atoms with E-state index in [2.05, 4.69) is 49.9 Å². The minimum absolute atomic E-state index is 0.227. The van der Waals surface area contributed by atoms with Crippen LogP contribution < -0.4 is 5.46 Å². The second kappa shape index (κ2) is 7.52. The zero-order valence-corrected chi connectivity index (χ0v) is 19.7. The van der Waals surface area contributed by atoms with Gasteiger partial charge in [-0.2, -0.15) is 0 Å². The van der Waals surface area contributed by atoms with Crippen molar-refractivity contribution in [1.29, 1.82) is 0 Å². The van der Waals surface area contributed by atoms with Gasteiger partial charge in [-0.25, -0.2) is 9.78 Å². The molecule has 31 heavy (non-hydrogen) atoms. The monoisotopic (exact) mass is 427 g/mol. The van der Waals surface area contributed by atoms with Crippen LogP contribution in [0.15, 0.2) is 18.5 Å². The van der Waals surface area contributed by atoms with E-state index in [0.717, 1.165) is 29.3 Å². The Morgan fingerprint density at radius 2 is 1.81 bits per heavy atom. The fourth-order valence-corrected chi connectivity index (χ4v) is 4.19. The summed E-state index contributed by atoms with van der Waals surface area (Å²) in [4.78, 5) is 22.1. The molecule has 4 heterocycles. The highest BCUT2D eigenvalue weighted by atomic mass is 16.7. The first kappa shape index (κ1) is 22.2. The van der Waals surface area contributed by atoms with Crippen LogP contribution >= 0.6 is 0 Å². The number of piperidine rings is 1. The topological polar surface area (TPSA) is 76.7 Å². The van der Waals surface area contributed by atoms with Crippen LogP contribution in [0.3, 0.4) is 0 Å². The number of ether oxygens (including phenoxy) is 1. The number of pyridine rings is 1. The van der Waals surface area contributed by atoms with Gasteiger partial charge in [0.1, 0.15) is 11.2 Å². The molecule has 168 valence electrons. The molecule has 0 aliphatic carbocycles. The first-order chi connectivity index (χ1) is 14.4. The number of H-pyrrole nitrogens is 1. The molecular weight excluding hydrogens is 393 g/mol. The number of amides is 1.